The zero-order valence-electron chi connectivity index (χ0n) is 12.1. The number of anilines is 1. The molecule has 5 heteroatoms. The van der Waals surface area contributed by atoms with E-state index in [2.05, 4.69) is 24.1 Å². The van der Waals surface area contributed by atoms with E-state index in [1.807, 2.05) is 19.0 Å². The molecule has 0 aliphatic carbocycles. The van der Waals surface area contributed by atoms with Crippen molar-refractivity contribution < 1.29 is 4.74 Å². The minimum Gasteiger partial charge on any atom is -0.480 e. The molecule has 0 aliphatic heterocycles. The monoisotopic (exact) mass is 271 g/mol. The summed E-state index contributed by atoms with van der Waals surface area (Å²) >= 11 is 1.68. The molecule has 0 bridgehead atoms. The maximum Gasteiger partial charge on any atom is 0.230 e. The number of nitrogens with zero attached hydrogens (tertiary/aromatic N) is 2. The number of nitrogens with one attached hydrogen (secondary N) is 1. The smallest absolute Gasteiger partial charge is 0.230 e. The summed E-state index contributed by atoms with van der Waals surface area (Å²) < 4.78 is 5.30. The Morgan fingerprint density at radius 3 is 2.67 bits per heavy atom. The number of hydrogen-bond acceptors (Lipinski definition) is 5. The van der Waals surface area contributed by atoms with Gasteiger partial charge in [-0.05, 0) is 25.3 Å². The van der Waals surface area contributed by atoms with Crippen molar-refractivity contribution in [1.82, 2.24) is 10.3 Å². The van der Waals surface area contributed by atoms with Gasteiger partial charge >= 0.3 is 0 Å². The molecule has 0 radical (unpaired) electrons. The van der Waals surface area contributed by atoms with Gasteiger partial charge in [-0.1, -0.05) is 25.2 Å². The van der Waals surface area contributed by atoms with Gasteiger partial charge in [0.1, 0.15) is 0 Å². The molecule has 1 aromatic heterocycles. The number of hydrogen-bond donors (Lipinski definition) is 1. The predicted octanol–water partition coefficient (Wildman–Crippen LogP) is 2.74. The van der Waals surface area contributed by atoms with Gasteiger partial charge < -0.3 is 15.0 Å². The van der Waals surface area contributed by atoms with Crippen LogP contribution in [0.2, 0.25) is 0 Å². The van der Waals surface area contributed by atoms with Crippen LogP contribution >= 0.6 is 11.3 Å². The molecule has 1 aromatic rings. The average molecular weight is 271 g/mol. The largest absolute Gasteiger partial charge is 0.480 e. The second-order valence-corrected chi connectivity index (χ2v) is 6.10. The molecule has 0 fully saturated rings. The molecular formula is C13H25N3OS. The molecule has 0 amide bonds. The Bertz CT molecular complexity index is 350. The van der Waals surface area contributed by atoms with Gasteiger partial charge in [-0.2, -0.15) is 4.98 Å². The number of methoxy groups -OCH3 is 1. The highest BCUT2D eigenvalue weighted by Crippen LogP contribution is 2.30. The fourth-order valence-corrected chi connectivity index (χ4v) is 2.55. The first-order chi connectivity index (χ1) is 8.54. The second-order valence-electron chi connectivity index (χ2n) is 5.04. The van der Waals surface area contributed by atoms with E-state index in [0.717, 1.165) is 30.0 Å². The van der Waals surface area contributed by atoms with Crippen molar-refractivity contribution in [3.05, 3.63) is 4.88 Å². The molecule has 0 atom stereocenters. The molecule has 0 unspecified atom stereocenters. The molecule has 18 heavy (non-hydrogen) atoms. The van der Waals surface area contributed by atoms with Crippen LogP contribution in [0.15, 0.2) is 0 Å². The van der Waals surface area contributed by atoms with Crippen molar-refractivity contribution >= 4 is 16.5 Å². The van der Waals surface area contributed by atoms with E-state index >= 15 is 0 Å². The van der Waals surface area contributed by atoms with Gasteiger partial charge in [0.2, 0.25) is 5.88 Å². The zero-order chi connectivity index (χ0) is 13.5. The van der Waals surface area contributed by atoms with E-state index < -0.39 is 0 Å². The normalized spacial score (nSPS) is 11.0. The van der Waals surface area contributed by atoms with Gasteiger partial charge in [0.15, 0.2) is 5.13 Å². The Morgan fingerprint density at radius 1 is 1.39 bits per heavy atom. The summed E-state index contributed by atoms with van der Waals surface area (Å²) in [6, 6.07) is 0. The van der Waals surface area contributed by atoms with Crippen LogP contribution in [0, 0.1) is 5.92 Å². The fraction of sp³-hybridized carbons (Fsp3) is 0.769. The quantitative estimate of drug-likeness (QED) is 0.738. The van der Waals surface area contributed by atoms with Gasteiger partial charge in [-0.25, -0.2) is 0 Å². The van der Waals surface area contributed by atoms with Gasteiger partial charge in [0.05, 0.1) is 12.0 Å². The summed E-state index contributed by atoms with van der Waals surface area (Å²) in [4.78, 5) is 7.62. The topological polar surface area (TPSA) is 37.4 Å². The third-order valence-corrected chi connectivity index (χ3v) is 3.85. The Labute approximate surface area is 114 Å². The lowest BCUT2D eigenvalue weighted by atomic mass is 10.1. The molecule has 0 spiro atoms. The van der Waals surface area contributed by atoms with Crippen LogP contribution in [0.1, 0.15) is 31.6 Å². The van der Waals surface area contributed by atoms with Gasteiger partial charge in [-0.15, -0.1) is 0 Å². The number of aromatic nitrogens is 1. The van der Waals surface area contributed by atoms with E-state index in [-0.39, 0.29) is 0 Å². The molecule has 0 saturated heterocycles. The summed E-state index contributed by atoms with van der Waals surface area (Å²) in [5.74, 6) is 1.53. The minimum atomic E-state index is 0.750. The van der Waals surface area contributed by atoms with E-state index in [1.165, 1.54) is 17.7 Å². The van der Waals surface area contributed by atoms with Gasteiger partial charge in [-0.3, -0.25) is 0 Å². The van der Waals surface area contributed by atoms with Gasteiger partial charge in [0, 0.05) is 20.6 Å². The Morgan fingerprint density at radius 2 is 2.11 bits per heavy atom. The molecule has 0 aromatic carbocycles. The highest BCUT2D eigenvalue weighted by molar-refractivity contribution is 7.15. The standard InChI is InChI=1S/C13H25N3OS/c1-10(2)7-6-8-14-9-11-12(17-5)15-13(18-11)16(3)4/h10,14H,6-9H2,1-5H3. The van der Waals surface area contributed by atoms with Crippen LogP contribution in [0.5, 0.6) is 5.88 Å². The van der Waals surface area contributed by atoms with Crippen molar-refractivity contribution in [3.63, 3.8) is 0 Å². The average Bonchev–Trinajstić information content (AvgIpc) is 2.71. The van der Waals surface area contributed by atoms with Crippen LogP contribution < -0.4 is 15.0 Å². The summed E-state index contributed by atoms with van der Waals surface area (Å²) in [6.45, 7) is 6.41. The van der Waals surface area contributed by atoms with Crippen molar-refractivity contribution in [2.45, 2.75) is 33.2 Å². The SMILES string of the molecule is COc1nc(N(C)C)sc1CNCCCC(C)C. The van der Waals surface area contributed by atoms with Gasteiger partial charge in [0.25, 0.3) is 0 Å². The lowest BCUT2D eigenvalue weighted by Crippen LogP contribution is -2.14. The minimum absolute atomic E-state index is 0.750. The van der Waals surface area contributed by atoms with Crippen LogP contribution in [0.4, 0.5) is 5.13 Å². The molecule has 1 rings (SSSR count). The summed E-state index contributed by atoms with van der Waals surface area (Å²) in [7, 11) is 5.67. The van der Waals surface area contributed by atoms with Crippen molar-refractivity contribution in [2.24, 2.45) is 5.92 Å². The van der Waals surface area contributed by atoms with Crippen molar-refractivity contribution in [1.29, 1.82) is 0 Å². The number of thiazole rings is 1. The third kappa shape index (κ3) is 4.82. The summed E-state index contributed by atoms with van der Waals surface area (Å²) in [5.41, 5.74) is 0. The predicted molar refractivity (Wildman–Crippen MR) is 78.8 cm³/mol. The molecule has 104 valence electrons. The van der Waals surface area contributed by atoms with Crippen LogP contribution in [-0.2, 0) is 6.54 Å². The second kappa shape index (κ2) is 7.59. The van der Waals surface area contributed by atoms with Crippen LogP contribution in [0.3, 0.4) is 0 Å². The highest BCUT2D eigenvalue weighted by Gasteiger charge is 2.12. The number of rotatable bonds is 8. The van der Waals surface area contributed by atoms with E-state index in [9.17, 15) is 0 Å². The van der Waals surface area contributed by atoms with Crippen molar-refractivity contribution in [2.75, 3.05) is 32.6 Å². The maximum atomic E-state index is 5.30. The lowest BCUT2D eigenvalue weighted by Gasteiger charge is -2.06. The van der Waals surface area contributed by atoms with E-state index in [4.69, 9.17) is 4.74 Å². The van der Waals surface area contributed by atoms with E-state index in [1.54, 1.807) is 18.4 Å². The maximum absolute atomic E-state index is 5.30. The van der Waals surface area contributed by atoms with Crippen LogP contribution in [-0.4, -0.2) is 32.7 Å². The molecule has 1 heterocycles. The Kier molecular flexibility index (Phi) is 6.43. The highest BCUT2D eigenvalue weighted by atomic mass is 32.1. The first-order valence-electron chi connectivity index (χ1n) is 6.46. The Hall–Kier alpha value is -0.810. The third-order valence-electron chi connectivity index (χ3n) is 2.65. The first kappa shape index (κ1) is 15.2. The molecule has 4 nitrogen and oxygen atoms in total. The summed E-state index contributed by atoms with van der Waals surface area (Å²) in [5, 5.41) is 4.45. The molecule has 0 aliphatic rings. The molecule has 0 saturated carbocycles. The van der Waals surface area contributed by atoms with E-state index in [0.29, 0.717) is 0 Å². The van der Waals surface area contributed by atoms with Crippen molar-refractivity contribution in [3.8, 4) is 5.88 Å². The fourth-order valence-electron chi connectivity index (χ4n) is 1.63. The first-order valence-corrected chi connectivity index (χ1v) is 7.28. The number of ether oxygens (including phenoxy) is 1. The summed E-state index contributed by atoms with van der Waals surface area (Å²) in [6.07, 6.45) is 2.50. The lowest BCUT2D eigenvalue weighted by molar-refractivity contribution is 0.394. The zero-order valence-corrected chi connectivity index (χ0v) is 12.9. The Balaban J connectivity index is 2.41. The molecular weight excluding hydrogens is 246 g/mol. The molecule has 1 N–H and O–H groups in total. The van der Waals surface area contributed by atoms with Crippen LogP contribution in [0.25, 0.3) is 0 Å².